The minimum Gasteiger partial charge on any atom is -0.337 e. The molecule has 2 amide bonds. The molecule has 0 aromatic rings. The van der Waals surface area contributed by atoms with Crippen LogP contribution in [0.15, 0.2) is 12.2 Å². The Kier molecular flexibility index (Phi) is 6.48. The third-order valence-corrected chi connectivity index (χ3v) is 4.12. The van der Waals surface area contributed by atoms with E-state index >= 15 is 0 Å². The monoisotopic (exact) mass is 303 g/mol. The number of amides is 2. The summed E-state index contributed by atoms with van der Waals surface area (Å²) in [5.74, 6) is -0.0303. The molecule has 1 fully saturated rings. The Bertz CT molecular complexity index is 440. The lowest BCUT2D eigenvalue weighted by Crippen LogP contribution is -2.48. The number of carbonyl (C=O) groups excluding carboxylic acids is 1. The van der Waals surface area contributed by atoms with Crippen LogP contribution in [0.4, 0.5) is 4.79 Å². The number of rotatable bonds is 6. The smallest absolute Gasteiger partial charge is 0.315 e. The van der Waals surface area contributed by atoms with Gasteiger partial charge < -0.3 is 10.6 Å². The van der Waals surface area contributed by atoms with Crippen LogP contribution in [-0.4, -0.2) is 63.6 Å². The van der Waals surface area contributed by atoms with E-state index in [0.29, 0.717) is 0 Å². The Morgan fingerprint density at radius 1 is 1.35 bits per heavy atom. The Balaban J connectivity index is 2.19. The molecule has 20 heavy (non-hydrogen) atoms. The quantitative estimate of drug-likeness (QED) is 0.695. The van der Waals surface area contributed by atoms with Crippen LogP contribution >= 0.6 is 0 Å². The van der Waals surface area contributed by atoms with Gasteiger partial charge in [0.1, 0.15) is 9.84 Å². The number of carbonyl (C=O) groups is 1. The molecule has 0 atom stereocenters. The Hall–Kier alpha value is -1.08. The van der Waals surface area contributed by atoms with E-state index in [-0.39, 0.29) is 24.4 Å². The van der Waals surface area contributed by atoms with Crippen LogP contribution in [-0.2, 0) is 9.84 Å². The zero-order chi connectivity index (χ0) is 15.2. The Labute approximate surface area is 121 Å². The number of sulfone groups is 1. The second-order valence-electron chi connectivity index (χ2n) is 5.54. The average Bonchev–Trinajstić information content (AvgIpc) is 2.29. The molecular weight excluding hydrogens is 278 g/mol. The van der Waals surface area contributed by atoms with E-state index < -0.39 is 9.84 Å². The molecule has 0 aliphatic carbocycles. The van der Waals surface area contributed by atoms with Crippen molar-refractivity contribution in [2.75, 3.05) is 38.2 Å². The van der Waals surface area contributed by atoms with Crippen LogP contribution < -0.4 is 10.6 Å². The highest BCUT2D eigenvalue weighted by Gasteiger charge is 2.20. The highest BCUT2D eigenvalue weighted by atomic mass is 32.2. The van der Waals surface area contributed by atoms with E-state index in [1.807, 2.05) is 6.92 Å². The van der Waals surface area contributed by atoms with Gasteiger partial charge in [-0.1, -0.05) is 12.2 Å². The molecule has 1 rings (SSSR count). The number of piperidine rings is 1. The fourth-order valence-electron chi connectivity index (χ4n) is 2.20. The largest absolute Gasteiger partial charge is 0.337 e. The molecule has 0 aromatic carbocycles. The van der Waals surface area contributed by atoms with Crippen molar-refractivity contribution < 1.29 is 13.2 Å². The van der Waals surface area contributed by atoms with E-state index in [0.717, 1.165) is 44.3 Å². The molecule has 116 valence electrons. The number of nitrogens with one attached hydrogen (secondary N) is 2. The molecule has 0 spiro atoms. The first kappa shape index (κ1) is 17.0. The summed E-state index contributed by atoms with van der Waals surface area (Å²) in [5, 5.41) is 5.46. The van der Waals surface area contributed by atoms with Crippen LogP contribution in [0.1, 0.15) is 19.8 Å². The minimum absolute atomic E-state index is 0.0303. The molecule has 0 unspecified atom stereocenters. The van der Waals surface area contributed by atoms with Gasteiger partial charge in [0, 0.05) is 38.5 Å². The van der Waals surface area contributed by atoms with E-state index in [2.05, 4.69) is 22.1 Å². The van der Waals surface area contributed by atoms with Gasteiger partial charge in [-0.25, -0.2) is 13.2 Å². The third kappa shape index (κ3) is 7.49. The van der Waals surface area contributed by atoms with E-state index in [1.165, 1.54) is 0 Å². The summed E-state index contributed by atoms with van der Waals surface area (Å²) in [7, 11) is -3.03. The molecule has 0 saturated carbocycles. The summed E-state index contributed by atoms with van der Waals surface area (Å²) in [6, 6.07) is -0.124. The average molecular weight is 303 g/mol. The van der Waals surface area contributed by atoms with Crippen molar-refractivity contribution in [2.45, 2.75) is 25.8 Å². The first-order valence-corrected chi connectivity index (χ1v) is 8.91. The van der Waals surface area contributed by atoms with Crippen molar-refractivity contribution in [3.63, 3.8) is 0 Å². The number of likely N-dealkylation sites (tertiary alicyclic amines) is 1. The lowest BCUT2D eigenvalue weighted by atomic mass is 10.0. The Morgan fingerprint density at radius 2 is 1.95 bits per heavy atom. The second kappa shape index (κ2) is 7.64. The topological polar surface area (TPSA) is 78.5 Å². The highest BCUT2D eigenvalue weighted by molar-refractivity contribution is 7.90. The molecule has 1 aliphatic heterocycles. The molecule has 0 radical (unpaired) electrons. The van der Waals surface area contributed by atoms with Gasteiger partial charge in [-0.15, -0.1) is 0 Å². The summed E-state index contributed by atoms with van der Waals surface area (Å²) in [6.45, 7) is 8.87. The zero-order valence-corrected chi connectivity index (χ0v) is 13.1. The van der Waals surface area contributed by atoms with Crippen molar-refractivity contribution in [1.82, 2.24) is 15.5 Å². The maximum atomic E-state index is 11.6. The van der Waals surface area contributed by atoms with Crippen molar-refractivity contribution in [3.05, 3.63) is 12.2 Å². The number of hydrogen-bond donors (Lipinski definition) is 2. The van der Waals surface area contributed by atoms with Gasteiger partial charge in [0.25, 0.3) is 0 Å². The summed E-state index contributed by atoms with van der Waals surface area (Å²) in [4.78, 5) is 13.9. The van der Waals surface area contributed by atoms with Crippen molar-refractivity contribution in [2.24, 2.45) is 0 Å². The van der Waals surface area contributed by atoms with Gasteiger partial charge in [0.05, 0.1) is 5.75 Å². The number of urea groups is 1. The molecule has 6 nitrogen and oxygen atoms in total. The lowest BCUT2D eigenvalue weighted by Gasteiger charge is -2.32. The molecule has 1 aliphatic rings. The number of nitrogens with zero attached hydrogens (tertiary/aromatic N) is 1. The zero-order valence-electron chi connectivity index (χ0n) is 12.3. The van der Waals surface area contributed by atoms with Crippen LogP contribution in [0.2, 0.25) is 0 Å². The predicted molar refractivity (Wildman–Crippen MR) is 80.5 cm³/mol. The highest BCUT2D eigenvalue weighted by Crippen LogP contribution is 2.11. The van der Waals surface area contributed by atoms with Crippen molar-refractivity contribution >= 4 is 15.9 Å². The van der Waals surface area contributed by atoms with Crippen LogP contribution in [0.25, 0.3) is 0 Å². The fraction of sp³-hybridized carbons (Fsp3) is 0.769. The van der Waals surface area contributed by atoms with Gasteiger partial charge in [-0.2, -0.15) is 0 Å². The molecular formula is C13H25N3O3S. The van der Waals surface area contributed by atoms with Gasteiger partial charge in [-0.05, 0) is 19.8 Å². The molecule has 2 N–H and O–H groups in total. The van der Waals surface area contributed by atoms with Gasteiger partial charge in [0.15, 0.2) is 0 Å². The summed E-state index contributed by atoms with van der Waals surface area (Å²) in [5.41, 5.74) is 1.15. The summed E-state index contributed by atoms with van der Waals surface area (Å²) >= 11 is 0. The first-order valence-electron chi connectivity index (χ1n) is 6.85. The van der Waals surface area contributed by atoms with E-state index in [1.54, 1.807) is 0 Å². The molecule has 0 aromatic heterocycles. The molecule has 7 heteroatoms. The van der Waals surface area contributed by atoms with Crippen LogP contribution in [0.5, 0.6) is 0 Å². The standard InChI is InChI=1S/C13H25N3O3S/c1-11(2)10-16-7-4-12(5-8-16)15-13(17)14-6-9-20(3,18)19/h12H,1,4-10H2,2-3H3,(H2,14,15,17). The van der Waals surface area contributed by atoms with Gasteiger partial charge in [-0.3, -0.25) is 4.90 Å². The second-order valence-corrected chi connectivity index (χ2v) is 7.80. The maximum Gasteiger partial charge on any atom is 0.315 e. The summed E-state index contributed by atoms with van der Waals surface area (Å²) in [6.07, 6.45) is 2.98. The van der Waals surface area contributed by atoms with Crippen molar-refractivity contribution in [1.29, 1.82) is 0 Å². The maximum absolute atomic E-state index is 11.6. The van der Waals surface area contributed by atoms with Crippen molar-refractivity contribution in [3.8, 4) is 0 Å². The predicted octanol–water partition coefficient (Wildman–Crippen LogP) is 0.371. The fourth-order valence-corrected chi connectivity index (χ4v) is 2.68. The molecule has 1 heterocycles. The van der Waals surface area contributed by atoms with Crippen LogP contribution in [0.3, 0.4) is 0 Å². The first-order chi connectivity index (χ1) is 9.26. The number of hydrogen-bond acceptors (Lipinski definition) is 4. The van der Waals surface area contributed by atoms with E-state index in [4.69, 9.17) is 0 Å². The van der Waals surface area contributed by atoms with Gasteiger partial charge in [0.2, 0.25) is 0 Å². The molecule has 0 bridgehead atoms. The minimum atomic E-state index is -3.03. The van der Waals surface area contributed by atoms with Crippen LogP contribution in [0, 0.1) is 0 Å². The lowest BCUT2D eigenvalue weighted by molar-refractivity contribution is 0.202. The Morgan fingerprint density at radius 3 is 2.45 bits per heavy atom. The van der Waals surface area contributed by atoms with E-state index in [9.17, 15) is 13.2 Å². The van der Waals surface area contributed by atoms with Gasteiger partial charge >= 0.3 is 6.03 Å². The summed E-state index contributed by atoms with van der Waals surface area (Å²) < 4.78 is 21.9. The SMILES string of the molecule is C=C(C)CN1CCC(NC(=O)NCCS(C)(=O)=O)CC1. The third-order valence-electron chi connectivity index (χ3n) is 3.17. The normalized spacial score (nSPS) is 17.7. The molecule has 1 saturated heterocycles.